The molecule has 15 aromatic rings. The highest BCUT2D eigenvalue weighted by Gasteiger charge is 2.44. The zero-order valence-corrected chi connectivity index (χ0v) is 47.3. The third kappa shape index (κ3) is 7.47. The van der Waals surface area contributed by atoms with E-state index in [0.29, 0.717) is 17.2 Å². The van der Waals surface area contributed by atoms with Gasteiger partial charge in [-0.3, -0.25) is 0 Å². The summed E-state index contributed by atoms with van der Waals surface area (Å²) in [6.45, 7) is 4.15. The molecule has 0 amide bonds. The van der Waals surface area contributed by atoms with Crippen LogP contribution in [-0.2, 0) is 5.41 Å². The highest BCUT2D eigenvalue weighted by molar-refractivity contribution is 6.99. The van der Waals surface area contributed by atoms with Gasteiger partial charge in [0.2, 0.25) is 0 Å². The Morgan fingerprint density at radius 3 is 1.74 bits per heavy atom. The van der Waals surface area contributed by atoms with Crippen molar-refractivity contribution < 1.29 is 20.1 Å². The monoisotopic (exact) mass is 1120 g/mol. The molecule has 5 heterocycles. The van der Waals surface area contributed by atoms with Crippen molar-refractivity contribution in [3.8, 4) is 61.7 Å². The van der Waals surface area contributed by atoms with Gasteiger partial charge in [-0.1, -0.05) is 214 Å². The zero-order valence-electron chi connectivity index (χ0n) is 55.3. The first-order valence-electron chi connectivity index (χ1n) is 33.4. The van der Waals surface area contributed by atoms with Gasteiger partial charge < -0.3 is 23.5 Å². The minimum atomic E-state index is -0.502. The summed E-state index contributed by atoms with van der Waals surface area (Å²) in [6, 6.07) is 81.0. The van der Waals surface area contributed by atoms with E-state index in [0.717, 1.165) is 123 Å². The van der Waals surface area contributed by atoms with Crippen LogP contribution in [0.5, 0.6) is 11.5 Å². The summed E-state index contributed by atoms with van der Waals surface area (Å²) in [6.07, 6.45) is 0. The number of nitrogens with zero attached hydrogens (tertiary/aromatic N) is 3. The van der Waals surface area contributed by atoms with Crippen molar-refractivity contribution >= 4 is 101 Å². The first-order chi connectivity index (χ1) is 46.2. The van der Waals surface area contributed by atoms with Crippen LogP contribution >= 0.6 is 0 Å². The van der Waals surface area contributed by atoms with Crippen LogP contribution in [0.3, 0.4) is 0 Å². The maximum absolute atomic E-state index is 9.64. The Morgan fingerprint density at radius 2 is 0.977 bits per heavy atom. The number of hydrogen-bond acceptors (Lipinski definition) is 4. The summed E-state index contributed by atoms with van der Waals surface area (Å²) in [5, 5.41) is 2.05. The Balaban J connectivity index is 0.951. The molecule has 13 aromatic carbocycles. The molecule has 0 saturated carbocycles. The van der Waals surface area contributed by atoms with Crippen LogP contribution in [0, 0.1) is 0 Å². The van der Waals surface area contributed by atoms with E-state index in [-0.39, 0.29) is 33.9 Å². The second-order valence-corrected chi connectivity index (χ2v) is 23.3. The Bertz CT molecular complexity index is 5680. The molecule has 0 fully saturated rings. The number of fused-ring (bicyclic) bond motifs is 12. The van der Waals surface area contributed by atoms with Gasteiger partial charge in [0.25, 0.3) is 6.71 Å². The molecule has 18 rings (SSSR count). The minimum Gasteiger partial charge on any atom is -0.458 e. The molecule has 0 unspecified atom stereocenters. The van der Waals surface area contributed by atoms with Crippen LogP contribution in [-0.4, -0.2) is 11.3 Å². The Labute approximate surface area is 516 Å². The summed E-state index contributed by atoms with van der Waals surface area (Å²) in [5.74, 6) is 1.35. The molecule has 87 heavy (non-hydrogen) atoms. The first kappa shape index (κ1) is 41.8. The highest BCUT2D eigenvalue weighted by Crippen LogP contribution is 2.55. The van der Waals surface area contributed by atoms with Crippen molar-refractivity contribution in [2.75, 3.05) is 9.80 Å². The summed E-state index contributed by atoms with van der Waals surface area (Å²) < 4.78 is 89.6. The van der Waals surface area contributed by atoms with Gasteiger partial charge in [0.1, 0.15) is 22.7 Å². The van der Waals surface area contributed by atoms with Crippen LogP contribution in [0.2, 0.25) is 0 Å². The SMILES string of the molecule is [2H]c1c([2H])c([2H])c2c(c1[2H])c1c([2H])c([2H])c([2H])c([2H])c1n2-c1ccc2c(c1)N(c1c(-c3ccccc3)cccc1-c1ccccc1)c1cc(-c3ccc4c(c3)C(C)(C)c3ccccc3N4c3ccccc3)cc3c1B2c1ccc(-c2ccc4oc5ccccc5c4c2)cc1O3. The normalized spacial score (nSPS) is 14.8. The van der Waals surface area contributed by atoms with Crippen molar-refractivity contribution in [2.24, 2.45) is 0 Å². The number of hydrogen-bond donors (Lipinski definition) is 0. The topological polar surface area (TPSA) is 33.8 Å². The lowest BCUT2D eigenvalue weighted by atomic mass is 9.34. The van der Waals surface area contributed by atoms with Crippen LogP contribution in [0.4, 0.5) is 34.1 Å². The zero-order chi connectivity index (χ0) is 64.4. The van der Waals surface area contributed by atoms with E-state index in [2.05, 4.69) is 187 Å². The van der Waals surface area contributed by atoms with Crippen molar-refractivity contribution in [2.45, 2.75) is 19.3 Å². The average Bonchev–Trinajstić information content (AvgIpc) is 1.54. The molecule has 6 heteroatoms. The molecule has 0 saturated heterocycles. The molecule has 3 aliphatic rings. The van der Waals surface area contributed by atoms with E-state index in [1.54, 1.807) is 4.57 Å². The van der Waals surface area contributed by atoms with E-state index in [1.807, 2.05) is 78.9 Å². The number of benzene rings is 13. The second kappa shape index (κ2) is 19.0. The summed E-state index contributed by atoms with van der Waals surface area (Å²) in [7, 11) is 0. The van der Waals surface area contributed by atoms with Crippen LogP contribution < -0.4 is 30.9 Å². The van der Waals surface area contributed by atoms with Crippen molar-refractivity contribution in [1.82, 2.24) is 4.57 Å². The molecule has 0 atom stereocenters. The minimum absolute atomic E-state index is 0.00543. The van der Waals surface area contributed by atoms with Crippen molar-refractivity contribution in [3.05, 3.63) is 302 Å². The van der Waals surface area contributed by atoms with Gasteiger partial charge in [-0.05, 0) is 152 Å². The van der Waals surface area contributed by atoms with E-state index in [4.69, 9.17) is 14.6 Å². The molecule has 0 aliphatic carbocycles. The lowest BCUT2D eigenvalue weighted by Crippen LogP contribution is -2.59. The van der Waals surface area contributed by atoms with Gasteiger partial charge in [-0.25, -0.2) is 0 Å². The maximum Gasteiger partial charge on any atom is 0.256 e. The molecule has 0 radical (unpaired) electrons. The van der Waals surface area contributed by atoms with Gasteiger partial charge in [-0.15, -0.1) is 0 Å². The fourth-order valence-electron chi connectivity index (χ4n) is 14.3. The predicted molar refractivity (Wildman–Crippen MR) is 362 cm³/mol. The maximum atomic E-state index is 9.64. The summed E-state index contributed by atoms with van der Waals surface area (Å²) in [5.41, 5.74) is 20.1. The lowest BCUT2D eigenvalue weighted by molar-refractivity contribution is 0.488. The van der Waals surface area contributed by atoms with Crippen molar-refractivity contribution in [3.63, 3.8) is 0 Å². The van der Waals surface area contributed by atoms with E-state index >= 15 is 0 Å². The number of ether oxygens (including phenoxy) is 1. The summed E-state index contributed by atoms with van der Waals surface area (Å²) in [4.78, 5) is 4.70. The largest absolute Gasteiger partial charge is 0.458 e. The van der Waals surface area contributed by atoms with E-state index in [1.165, 1.54) is 5.56 Å². The first-order valence-corrected chi connectivity index (χ1v) is 29.4. The van der Waals surface area contributed by atoms with Crippen LogP contribution in [0.25, 0.3) is 93.9 Å². The summed E-state index contributed by atoms with van der Waals surface area (Å²) >= 11 is 0. The molecule has 408 valence electrons. The van der Waals surface area contributed by atoms with Gasteiger partial charge in [0.15, 0.2) is 0 Å². The molecule has 3 aliphatic heterocycles. The van der Waals surface area contributed by atoms with Crippen molar-refractivity contribution in [1.29, 1.82) is 0 Å². The average molecular weight is 1120 g/mol. The Hall–Kier alpha value is -11.1. The number of aromatic nitrogens is 1. The van der Waals surface area contributed by atoms with Gasteiger partial charge in [0.05, 0.1) is 39.1 Å². The van der Waals surface area contributed by atoms with Crippen LogP contribution in [0.1, 0.15) is 35.9 Å². The fraction of sp³-hybridized carbons (Fsp3) is 0.0370. The van der Waals surface area contributed by atoms with E-state index < -0.39 is 48.4 Å². The molecular weight excluding hydrogens is 1060 g/mol. The van der Waals surface area contributed by atoms with Gasteiger partial charge >= 0.3 is 0 Å². The predicted octanol–water partition coefficient (Wildman–Crippen LogP) is 19.9. The Kier molecular flexibility index (Phi) is 9.12. The quantitative estimate of drug-likeness (QED) is 0.149. The Morgan fingerprint density at radius 1 is 0.379 bits per heavy atom. The molecule has 0 spiro atoms. The van der Waals surface area contributed by atoms with Gasteiger partial charge in [0, 0.05) is 60.8 Å². The molecule has 2 aromatic heterocycles. The molecule has 5 nitrogen and oxygen atoms in total. The standard InChI is InChI=1S/C81H54BN3O2/c1-81(2)65-32-15-18-35-71(65)83(57-25-10-5-11-26-57)72-43-38-54(46-66(72)81)56-47-74-79-78(49-56)87-77-48-55(53-39-44-76-64(45-53)63-29-14-19-36-75(63)86-76)37-41-68(77)82(79)67-42-40-58(84-69-33-16-12-27-61(69)62-28-13-17-34-70(62)84)50-73(67)85(74)80-59(51-21-6-3-7-22-51)30-20-31-60(80)52-23-8-4-9-24-52/h3-50H,1-2H3/i12D,13D,16D,17D,27D,28D,33D,34D. The molecular formula is C81H54BN3O2. The third-order valence-electron chi connectivity index (χ3n) is 18.3. The third-order valence-corrected chi connectivity index (χ3v) is 18.3. The fourth-order valence-corrected chi connectivity index (χ4v) is 14.3. The number of rotatable bonds is 7. The highest BCUT2D eigenvalue weighted by atomic mass is 16.5. The van der Waals surface area contributed by atoms with E-state index in [9.17, 15) is 5.48 Å². The molecule has 0 N–H and O–H groups in total. The lowest BCUT2D eigenvalue weighted by Gasteiger charge is -2.43. The number of anilines is 6. The smallest absolute Gasteiger partial charge is 0.256 e. The number of furan rings is 1. The molecule has 0 bridgehead atoms. The number of para-hydroxylation sites is 6. The van der Waals surface area contributed by atoms with Gasteiger partial charge in [-0.2, -0.15) is 0 Å². The van der Waals surface area contributed by atoms with Crippen LogP contribution in [0.15, 0.2) is 295 Å². The second-order valence-electron chi connectivity index (χ2n) is 23.3.